The normalized spacial score (nSPS) is 20.7. The zero-order chi connectivity index (χ0) is 22.3. The van der Waals surface area contributed by atoms with E-state index in [1.54, 1.807) is 6.07 Å². The van der Waals surface area contributed by atoms with Crippen molar-refractivity contribution in [2.45, 2.75) is 72.1 Å². The van der Waals surface area contributed by atoms with E-state index in [1.807, 2.05) is 33.8 Å². The fourth-order valence-electron chi connectivity index (χ4n) is 4.74. The Balaban J connectivity index is 1.56. The molecule has 0 saturated heterocycles. The number of aromatic amines is 1. The van der Waals surface area contributed by atoms with Gasteiger partial charge in [0.25, 0.3) is 17.3 Å². The van der Waals surface area contributed by atoms with Crippen LogP contribution in [0.1, 0.15) is 71.8 Å². The first kappa shape index (κ1) is 21.8. The van der Waals surface area contributed by atoms with E-state index in [2.05, 4.69) is 10.3 Å². The molecule has 2 heterocycles. The third kappa shape index (κ3) is 4.05. The van der Waals surface area contributed by atoms with E-state index < -0.39 is 5.79 Å². The fraction of sp³-hybridized carbons (Fsp3) is 0.500. The van der Waals surface area contributed by atoms with Crippen LogP contribution in [0.2, 0.25) is 5.02 Å². The van der Waals surface area contributed by atoms with Crippen LogP contribution in [0.4, 0.5) is 0 Å². The van der Waals surface area contributed by atoms with Crippen LogP contribution in [0.25, 0.3) is 0 Å². The number of carbonyl (C=O) groups is 1. The lowest BCUT2D eigenvalue weighted by molar-refractivity contribution is -0.119. The maximum atomic E-state index is 13.0. The topological polar surface area (TPSA) is 80.4 Å². The van der Waals surface area contributed by atoms with E-state index in [1.165, 1.54) is 19.3 Å². The number of benzene rings is 1. The van der Waals surface area contributed by atoms with Crippen LogP contribution >= 0.6 is 11.6 Å². The van der Waals surface area contributed by atoms with Crippen molar-refractivity contribution in [2.24, 2.45) is 5.92 Å². The molecule has 1 aromatic carbocycles. The Labute approximate surface area is 187 Å². The summed E-state index contributed by atoms with van der Waals surface area (Å²) >= 11 is 6.50. The quantitative estimate of drug-likeness (QED) is 0.699. The summed E-state index contributed by atoms with van der Waals surface area (Å²) in [6.45, 7) is 7.62. The highest BCUT2D eigenvalue weighted by atomic mass is 35.5. The van der Waals surface area contributed by atoms with Gasteiger partial charge in [0.05, 0.1) is 5.02 Å². The van der Waals surface area contributed by atoms with Crippen molar-refractivity contribution in [3.63, 3.8) is 0 Å². The van der Waals surface area contributed by atoms with Gasteiger partial charge in [-0.05, 0) is 51.3 Å². The van der Waals surface area contributed by atoms with Gasteiger partial charge < -0.3 is 19.8 Å². The molecule has 0 radical (unpaired) electrons. The van der Waals surface area contributed by atoms with E-state index in [4.69, 9.17) is 21.1 Å². The van der Waals surface area contributed by atoms with Crippen molar-refractivity contribution in [1.29, 1.82) is 0 Å². The SMILES string of the molecule is Cc1cc(C)c(CNC(=O)c2cc(Cl)c3c(c2C)OC(C)(C2CCCCC2)O3)c(=O)[nH]1. The number of hydrogen-bond acceptors (Lipinski definition) is 4. The molecular formula is C24H29ClN2O4. The van der Waals surface area contributed by atoms with Gasteiger partial charge >= 0.3 is 0 Å². The Morgan fingerprint density at radius 1 is 1.16 bits per heavy atom. The van der Waals surface area contributed by atoms with Crippen LogP contribution in [0.3, 0.4) is 0 Å². The van der Waals surface area contributed by atoms with Crippen LogP contribution in [0, 0.1) is 26.7 Å². The second-order valence-corrected chi connectivity index (χ2v) is 9.28. The number of nitrogens with one attached hydrogen (secondary N) is 2. The summed E-state index contributed by atoms with van der Waals surface area (Å²) in [5.41, 5.74) is 3.07. The first-order chi connectivity index (χ1) is 14.7. The molecule has 166 valence electrons. The minimum Gasteiger partial charge on any atom is -0.448 e. The van der Waals surface area contributed by atoms with Gasteiger partial charge in [-0.1, -0.05) is 30.9 Å². The summed E-state index contributed by atoms with van der Waals surface area (Å²) in [6, 6.07) is 3.50. The molecule has 0 spiro atoms. The highest BCUT2D eigenvalue weighted by Crippen LogP contribution is 2.51. The molecular weight excluding hydrogens is 416 g/mol. The maximum Gasteiger partial charge on any atom is 0.253 e. The van der Waals surface area contributed by atoms with Crippen molar-refractivity contribution in [3.05, 3.63) is 55.5 Å². The zero-order valence-corrected chi connectivity index (χ0v) is 19.2. The molecule has 1 unspecified atom stereocenters. The number of hydrogen-bond donors (Lipinski definition) is 2. The summed E-state index contributed by atoms with van der Waals surface area (Å²) in [5.74, 6) is 0.261. The molecule has 1 aliphatic carbocycles. The average Bonchev–Trinajstić information content (AvgIpc) is 3.10. The summed E-state index contributed by atoms with van der Waals surface area (Å²) in [5, 5.41) is 3.20. The number of ether oxygens (including phenoxy) is 2. The highest BCUT2D eigenvalue weighted by molar-refractivity contribution is 6.33. The number of aryl methyl sites for hydroxylation is 2. The zero-order valence-electron chi connectivity index (χ0n) is 18.5. The van der Waals surface area contributed by atoms with Gasteiger partial charge in [0, 0.05) is 41.8 Å². The molecule has 1 atom stereocenters. The molecule has 4 rings (SSSR count). The van der Waals surface area contributed by atoms with Crippen molar-refractivity contribution >= 4 is 17.5 Å². The number of pyridine rings is 1. The monoisotopic (exact) mass is 444 g/mol. The highest BCUT2D eigenvalue weighted by Gasteiger charge is 2.46. The first-order valence-corrected chi connectivity index (χ1v) is 11.3. The smallest absolute Gasteiger partial charge is 0.253 e. The van der Waals surface area contributed by atoms with Crippen molar-refractivity contribution in [3.8, 4) is 11.5 Å². The van der Waals surface area contributed by atoms with Gasteiger partial charge in [-0.2, -0.15) is 0 Å². The minimum absolute atomic E-state index is 0.131. The van der Waals surface area contributed by atoms with E-state index in [0.717, 1.165) is 24.1 Å². The Morgan fingerprint density at radius 2 is 1.84 bits per heavy atom. The number of halogens is 1. The molecule has 7 heteroatoms. The molecule has 1 fully saturated rings. The lowest BCUT2D eigenvalue weighted by Crippen LogP contribution is -2.44. The van der Waals surface area contributed by atoms with Crippen LogP contribution < -0.4 is 20.3 Å². The summed E-state index contributed by atoms with van der Waals surface area (Å²) in [7, 11) is 0. The number of H-pyrrole nitrogens is 1. The van der Waals surface area contributed by atoms with E-state index in [-0.39, 0.29) is 23.9 Å². The molecule has 2 aliphatic rings. The Bertz CT molecular complexity index is 1090. The molecule has 1 aromatic heterocycles. The van der Waals surface area contributed by atoms with Gasteiger partial charge in [0.2, 0.25) is 0 Å². The first-order valence-electron chi connectivity index (χ1n) is 10.9. The number of aromatic nitrogens is 1. The Hall–Kier alpha value is -2.47. The molecule has 31 heavy (non-hydrogen) atoms. The van der Waals surface area contributed by atoms with Crippen molar-refractivity contribution in [2.75, 3.05) is 0 Å². The standard InChI is InChI=1S/C24H29ClN2O4/c1-13-10-14(2)27-23(29)18(13)12-26-22(28)17-11-19(25)21-20(15(17)3)30-24(4,31-21)16-8-6-5-7-9-16/h10-11,16H,5-9,12H2,1-4H3,(H,26,28)(H,27,29). The van der Waals surface area contributed by atoms with Crippen LogP contribution in [-0.4, -0.2) is 16.7 Å². The predicted molar refractivity (Wildman–Crippen MR) is 120 cm³/mol. The van der Waals surface area contributed by atoms with Gasteiger partial charge in [-0.3, -0.25) is 9.59 Å². The van der Waals surface area contributed by atoms with Gasteiger partial charge in [-0.25, -0.2) is 0 Å². The van der Waals surface area contributed by atoms with Gasteiger partial charge in [-0.15, -0.1) is 0 Å². The second kappa shape index (κ2) is 8.23. The molecule has 1 aliphatic heterocycles. The van der Waals surface area contributed by atoms with E-state index in [9.17, 15) is 9.59 Å². The number of fused-ring (bicyclic) bond motifs is 1. The van der Waals surface area contributed by atoms with Crippen molar-refractivity contribution < 1.29 is 14.3 Å². The minimum atomic E-state index is -0.765. The van der Waals surface area contributed by atoms with Crippen LogP contribution in [0.15, 0.2) is 16.9 Å². The van der Waals surface area contributed by atoms with Crippen molar-refractivity contribution in [1.82, 2.24) is 10.3 Å². The number of rotatable bonds is 4. The van der Waals surface area contributed by atoms with Gasteiger partial charge in [0.1, 0.15) is 0 Å². The largest absolute Gasteiger partial charge is 0.448 e. The molecule has 0 bridgehead atoms. The lowest BCUT2D eigenvalue weighted by atomic mass is 9.84. The molecule has 2 aromatic rings. The van der Waals surface area contributed by atoms with Gasteiger partial charge in [0.15, 0.2) is 11.5 Å². The molecule has 1 saturated carbocycles. The summed E-state index contributed by atoms with van der Waals surface area (Å²) in [4.78, 5) is 28.0. The summed E-state index contributed by atoms with van der Waals surface area (Å²) in [6.07, 6.45) is 5.69. The van der Waals surface area contributed by atoms with Crippen LogP contribution in [-0.2, 0) is 6.54 Å². The second-order valence-electron chi connectivity index (χ2n) is 8.87. The maximum absolute atomic E-state index is 13.0. The van der Waals surface area contributed by atoms with E-state index >= 15 is 0 Å². The molecule has 2 N–H and O–H groups in total. The van der Waals surface area contributed by atoms with Crippen LogP contribution in [0.5, 0.6) is 11.5 Å². The third-order valence-corrected chi connectivity index (χ3v) is 6.84. The third-order valence-electron chi connectivity index (χ3n) is 6.56. The average molecular weight is 445 g/mol. The Morgan fingerprint density at radius 3 is 2.52 bits per heavy atom. The number of carbonyl (C=O) groups excluding carboxylic acids is 1. The fourth-order valence-corrected chi connectivity index (χ4v) is 4.97. The Kier molecular flexibility index (Phi) is 5.77. The van der Waals surface area contributed by atoms with E-state index in [0.29, 0.717) is 33.2 Å². The number of amides is 1. The molecule has 6 nitrogen and oxygen atoms in total. The lowest BCUT2D eigenvalue weighted by Gasteiger charge is -2.34. The molecule has 1 amide bonds. The predicted octanol–water partition coefficient (Wildman–Crippen LogP) is 4.95. The summed E-state index contributed by atoms with van der Waals surface area (Å²) < 4.78 is 12.5.